The van der Waals surface area contributed by atoms with Gasteiger partial charge < -0.3 is 23.4 Å². The first-order valence-electron chi connectivity index (χ1n) is 48.0. The summed E-state index contributed by atoms with van der Waals surface area (Å²) in [5.74, 6) is 0. The second-order valence-electron chi connectivity index (χ2n) is 36.0. The number of thiophene rings is 1. The summed E-state index contributed by atoms with van der Waals surface area (Å²) in [5.41, 5.74) is 24.9. The number of nitrogens with zero attached hydrogens (tertiary/aromatic N) is 4. The van der Waals surface area contributed by atoms with Crippen LogP contribution in [-0.4, -0.2) is 25.3 Å². The highest BCUT2D eigenvalue weighted by Crippen LogP contribution is 2.47. The summed E-state index contributed by atoms with van der Waals surface area (Å²) in [7, 11) is -5.45. The summed E-state index contributed by atoms with van der Waals surface area (Å²) in [4.78, 5) is 4.80. The molecule has 5 nitrogen and oxygen atoms in total. The van der Waals surface area contributed by atoms with Gasteiger partial charge in [-0.05, 0) is 238 Å². The van der Waals surface area contributed by atoms with Crippen molar-refractivity contribution in [2.45, 2.75) is 7.43 Å². The average molecular weight is 1850 g/mol. The first-order valence-corrected chi connectivity index (χ1v) is 52.8. The van der Waals surface area contributed by atoms with Crippen LogP contribution in [0.3, 0.4) is 0 Å². The van der Waals surface area contributed by atoms with Gasteiger partial charge in [-0.25, -0.2) is 0 Å². The third kappa shape index (κ3) is 15.3. The zero-order valence-electron chi connectivity index (χ0n) is 76.7. The van der Waals surface area contributed by atoms with Gasteiger partial charge in [-0.3, -0.25) is 0 Å². The van der Waals surface area contributed by atoms with Crippen molar-refractivity contribution in [2.24, 2.45) is 0 Å². The number of hydrogen-bond acceptors (Lipinski definition) is 4. The van der Waals surface area contributed by atoms with Crippen molar-refractivity contribution in [3.8, 4) is 55.9 Å². The molecule has 0 spiro atoms. The predicted octanol–water partition coefficient (Wildman–Crippen LogP) is 30.8. The number of para-hydroxylation sites is 5. The van der Waals surface area contributed by atoms with Crippen LogP contribution in [0.5, 0.6) is 0 Å². The Morgan fingerprint density at radius 2 is 0.454 bits per heavy atom. The topological polar surface area (TPSA) is 29.5 Å². The van der Waals surface area contributed by atoms with E-state index < -0.39 is 16.1 Å². The van der Waals surface area contributed by atoms with Crippen molar-refractivity contribution in [2.75, 3.05) is 9.80 Å². The molecular weight excluding hydrogens is 1760 g/mol. The molecule has 0 unspecified atom stereocenters. The fraction of sp³-hybridized carbons (Fsp3) is 0.00752. The molecule has 0 aliphatic carbocycles. The fourth-order valence-electron chi connectivity index (χ4n) is 22.1. The van der Waals surface area contributed by atoms with Crippen LogP contribution in [0.25, 0.3) is 142 Å². The van der Waals surface area contributed by atoms with Crippen LogP contribution in [0.1, 0.15) is 7.43 Å². The van der Waals surface area contributed by atoms with E-state index in [2.05, 4.69) is 565 Å². The summed E-state index contributed by atoms with van der Waals surface area (Å²) in [6, 6.07) is 205. The fourth-order valence-corrected chi connectivity index (χ4v) is 32.6. The van der Waals surface area contributed by atoms with E-state index in [-0.39, 0.29) is 7.43 Å². The highest BCUT2D eigenvalue weighted by molar-refractivity contribution is 7.26. The number of aromatic nitrogens is 2. The van der Waals surface area contributed by atoms with Gasteiger partial charge in [-0.15, -0.1) is 11.3 Å². The van der Waals surface area contributed by atoms with Crippen molar-refractivity contribution >= 4 is 189 Å². The molecule has 141 heavy (non-hydrogen) atoms. The number of hydrogen-bond donors (Lipinski definition) is 0. The first kappa shape index (κ1) is 86.3. The van der Waals surface area contributed by atoms with Crippen LogP contribution < -0.4 is 51.3 Å². The Kier molecular flexibility index (Phi) is 22.8. The normalized spacial score (nSPS) is 11.6. The molecule has 0 atom stereocenters. The Morgan fingerprint density at radius 3 is 0.837 bits per heavy atom. The van der Waals surface area contributed by atoms with E-state index in [0.717, 1.165) is 78.6 Å². The Morgan fingerprint density at radius 1 is 0.184 bits per heavy atom. The number of furan rings is 1. The molecule has 4 heterocycles. The molecule has 0 radical (unpaired) electrons. The molecule has 0 aliphatic rings. The molecule has 0 amide bonds. The molecule has 22 aromatic carbocycles. The summed E-state index contributed by atoms with van der Waals surface area (Å²) < 4.78 is 13.7. The molecule has 26 rings (SSSR count). The van der Waals surface area contributed by atoms with Crippen LogP contribution in [0.2, 0.25) is 0 Å². The Hall–Kier alpha value is -17.5. The zero-order chi connectivity index (χ0) is 92.9. The average Bonchev–Trinajstić information content (AvgIpc) is 1.73. The minimum Gasteiger partial charge on any atom is -0.456 e. The maximum absolute atomic E-state index is 6.31. The predicted molar refractivity (Wildman–Crippen MR) is 607 cm³/mol. The zero-order valence-corrected chi connectivity index (χ0v) is 79.5. The van der Waals surface area contributed by atoms with Crippen molar-refractivity contribution in [1.29, 1.82) is 0 Å². The highest BCUT2D eigenvalue weighted by Gasteiger charge is 2.43. The molecule has 4 aromatic heterocycles. The quantitative estimate of drug-likeness (QED) is 0.0563. The molecule has 8 heteroatoms. The van der Waals surface area contributed by atoms with Gasteiger partial charge in [0.15, 0.2) is 16.1 Å². The van der Waals surface area contributed by atoms with E-state index in [9.17, 15) is 0 Å². The molecular formula is C133H96N4OSSi2. The summed E-state index contributed by atoms with van der Waals surface area (Å²) in [6.07, 6.45) is 0. The maximum atomic E-state index is 6.31. The lowest BCUT2D eigenvalue weighted by atomic mass is 9.98. The number of fused-ring (bicyclic) bond motifs is 12. The van der Waals surface area contributed by atoms with Crippen LogP contribution in [0.15, 0.2) is 563 Å². The number of benzene rings is 22. The molecule has 0 saturated heterocycles. The van der Waals surface area contributed by atoms with Crippen LogP contribution >= 0.6 is 11.3 Å². The smallest absolute Gasteiger partial charge is 0.179 e. The van der Waals surface area contributed by atoms with Gasteiger partial charge in [0.2, 0.25) is 0 Å². The molecule has 0 saturated carbocycles. The van der Waals surface area contributed by atoms with E-state index in [0.29, 0.717) is 0 Å². The SMILES string of the molecule is C.c1ccc(-n2c3ccccc3c3c(-c4ccc(N(c5ccc(-c6ccc7sc8ccccc8c7c6)cc5)c5ccc([Si](c6ccccc6)(c6ccccc6)c6ccccc6)cc5)cc4)cccc32)cc1.c1ccc(-n2c3ccccc3c3c(-c4ccc(N(c5ccc(-c6cccc7oc8ccccc8c67)cc5)c5ccc([Si](c6ccccc6)(c6ccccc6)c6ccccc6)cc5)cc4)cccc32)cc1. The molecule has 0 fully saturated rings. The second-order valence-corrected chi connectivity index (χ2v) is 44.7. The van der Waals surface area contributed by atoms with Crippen molar-refractivity contribution in [3.63, 3.8) is 0 Å². The van der Waals surface area contributed by atoms with E-state index in [1.807, 2.05) is 23.5 Å². The minimum atomic E-state index is -2.73. The van der Waals surface area contributed by atoms with E-state index >= 15 is 0 Å². The Labute approximate surface area is 827 Å². The highest BCUT2D eigenvalue weighted by atomic mass is 32.1. The maximum Gasteiger partial charge on any atom is 0.179 e. The lowest BCUT2D eigenvalue weighted by molar-refractivity contribution is 0.669. The third-order valence-electron chi connectivity index (χ3n) is 28.3. The van der Waals surface area contributed by atoms with E-state index in [1.165, 1.54) is 139 Å². The summed E-state index contributed by atoms with van der Waals surface area (Å²) in [5, 5.41) is 20.7. The second kappa shape index (κ2) is 37.2. The van der Waals surface area contributed by atoms with Crippen LogP contribution in [0, 0.1) is 0 Å². The number of rotatable bonds is 20. The summed E-state index contributed by atoms with van der Waals surface area (Å²) >= 11 is 1.86. The minimum absolute atomic E-state index is 0. The lowest BCUT2D eigenvalue weighted by Crippen LogP contribution is -2.74. The van der Waals surface area contributed by atoms with Gasteiger partial charge in [0.25, 0.3) is 0 Å². The molecule has 26 aromatic rings. The summed E-state index contributed by atoms with van der Waals surface area (Å²) in [6.45, 7) is 0. The lowest BCUT2D eigenvalue weighted by Gasteiger charge is -2.35. The van der Waals surface area contributed by atoms with Crippen molar-refractivity contribution in [3.05, 3.63) is 558 Å². The van der Waals surface area contributed by atoms with Crippen molar-refractivity contribution < 1.29 is 4.42 Å². The van der Waals surface area contributed by atoms with E-state index in [4.69, 9.17) is 4.42 Å². The van der Waals surface area contributed by atoms with Crippen LogP contribution in [0.4, 0.5) is 34.1 Å². The Bertz CT molecular complexity index is 8780. The van der Waals surface area contributed by atoms with Crippen molar-refractivity contribution in [1.82, 2.24) is 9.13 Å². The van der Waals surface area contributed by atoms with Gasteiger partial charge in [0.1, 0.15) is 11.2 Å². The molecule has 668 valence electrons. The Balaban J connectivity index is 0.000000152. The standard InChI is InChI=1S/C66H46N2OSi.C66H46N2SSi.CH4/c1-5-19-49(20-6-1)68-61-31-15-13-27-59(61)65-57(29-17-32-62(65)68)47-35-39-50(40-36-47)67(51-41-37-48(38-42-51)58-30-18-34-64-66(58)60-28-14-16-33-63(60)69-64)52-43-45-56(46-44-52)70(53-21-7-2-8-22-53,54-23-9-3-10-24-54)55-25-11-4-12-26-55;1-5-18-50(19-6-1)68-62-29-15-13-27-60(62)66-58(28-17-30-63(66)68)48-34-39-52(40-35-48)67(51-37-32-47(33-38-51)49-36-45-65-61(46-49)59-26-14-16-31-64(59)69-65)53-41-43-57(44-42-53)70(54-20-7-2-8-21-54,55-22-9-3-10-23-55)56-24-11-4-12-25-56;/h2*1-46H;1H4. The number of anilines is 6. The van der Waals surface area contributed by atoms with Gasteiger partial charge in [-0.2, -0.15) is 0 Å². The molecule has 0 aliphatic heterocycles. The largest absolute Gasteiger partial charge is 0.456 e. The third-order valence-corrected chi connectivity index (χ3v) is 39.1. The van der Waals surface area contributed by atoms with Gasteiger partial charge >= 0.3 is 0 Å². The van der Waals surface area contributed by atoms with Gasteiger partial charge in [-0.1, -0.05) is 414 Å². The molecule has 0 N–H and O–H groups in total. The van der Waals surface area contributed by atoms with Gasteiger partial charge in [0, 0.05) is 98.0 Å². The molecule has 0 bridgehead atoms. The van der Waals surface area contributed by atoms with Crippen LogP contribution in [-0.2, 0) is 0 Å². The van der Waals surface area contributed by atoms with Gasteiger partial charge in [0.05, 0.1) is 22.1 Å². The van der Waals surface area contributed by atoms with E-state index in [1.54, 1.807) is 0 Å². The first-order chi connectivity index (χ1) is 69.5. The monoisotopic (exact) mass is 1850 g/mol.